The van der Waals surface area contributed by atoms with Gasteiger partial charge in [-0.25, -0.2) is 0 Å². The average molecular weight is 835 g/mol. The van der Waals surface area contributed by atoms with Gasteiger partial charge >= 0.3 is 0 Å². The fourth-order valence-electron chi connectivity index (χ4n) is 5.18. The molecule has 0 aliphatic carbocycles. The zero-order chi connectivity index (χ0) is 41.4. The van der Waals surface area contributed by atoms with Gasteiger partial charge < -0.3 is 9.35 Å². The highest BCUT2D eigenvalue weighted by molar-refractivity contribution is 8.00. The lowest BCUT2D eigenvalue weighted by Gasteiger charge is -2.17. The molecule has 0 bridgehead atoms. The Morgan fingerprint density at radius 1 is 0.673 bits per heavy atom. The number of carbonyl (C=O) groups is 3. The molecule has 0 fully saturated rings. The smallest absolute Gasteiger partial charge is 0.183 e. The van der Waals surface area contributed by atoms with Gasteiger partial charge in [0.25, 0.3) is 0 Å². The largest absolute Gasteiger partial charge is 0.598 e. The van der Waals surface area contributed by atoms with Crippen molar-refractivity contribution in [3.05, 3.63) is 81.5 Å². The molecule has 0 aromatic carbocycles. The Balaban J connectivity index is 4.39. The van der Waals surface area contributed by atoms with Crippen LogP contribution in [0, 0.1) is 0 Å². The molecule has 0 amide bonds. The van der Waals surface area contributed by atoms with Crippen molar-refractivity contribution in [2.45, 2.75) is 146 Å². The highest BCUT2D eigenvalue weighted by atomic mass is 32.2. The molecule has 6 nitrogen and oxygen atoms in total. The highest BCUT2D eigenvalue weighted by Crippen LogP contribution is 2.16. The number of carbonyl (C=O) groups excluding carboxylic acids is 3. The van der Waals surface area contributed by atoms with Gasteiger partial charge in [-0.1, -0.05) is 100 Å². The Labute approximate surface area is 352 Å². The third-order valence-electron chi connectivity index (χ3n) is 8.60. The number of aldehydes is 1. The van der Waals surface area contributed by atoms with Crippen LogP contribution >= 0.6 is 35.5 Å². The fourth-order valence-corrected chi connectivity index (χ4v) is 9.28. The summed E-state index contributed by atoms with van der Waals surface area (Å²) in [5.41, 5.74) is 9.52. The Kier molecular flexibility index (Phi) is 33.5. The molecule has 10 heteroatoms. The molecule has 0 heterocycles. The molecule has 0 rings (SSSR count). The van der Waals surface area contributed by atoms with Crippen LogP contribution in [-0.4, -0.2) is 69.0 Å². The Hall–Kier alpha value is -1.53. The molecule has 0 saturated heterocycles. The van der Waals surface area contributed by atoms with E-state index in [-0.39, 0.29) is 23.4 Å². The van der Waals surface area contributed by atoms with E-state index in [9.17, 15) is 18.9 Å². The van der Waals surface area contributed by atoms with E-state index in [1.165, 1.54) is 45.9 Å². The summed E-state index contributed by atoms with van der Waals surface area (Å²) >= 11 is 3.52. The Bertz CT molecular complexity index is 1340. The molecule has 0 spiro atoms. The number of nitrogens with one attached hydrogen (secondary N) is 2. The van der Waals surface area contributed by atoms with Gasteiger partial charge in [-0.3, -0.25) is 14.3 Å². The molecule has 0 saturated carbocycles. The first-order valence-corrected chi connectivity index (χ1v) is 24.5. The van der Waals surface area contributed by atoms with Crippen LogP contribution in [0.5, 0.6) is 0 Å². The van der Waals surface area contributed by atoms with Crippen LogP contribution < -0.4 is 9.44 Å². The summed E-state index contributed by atoms with van der Waals surface area (Å²) in [5, 5.41) is 0. The van der Waals surface area contributed by atoms with Crippen LogP contribution in [0.1, 0.15) is 133 Å². The number of ketones is 2. The molecule has 3 unspecified atom stereocenters. The van der Waals surface area contributed by atoms with Crippen molar-refractivity contribution in [1.29, 1.82) is 0 Å². The van der Waals surface area contributed by atoms with Gasteiger partial charge in [0.15, 0.2) is 17.3 Å². The number of hydrogen-bond acceptors (Lipinski definition) is 9. The molecular formula is C45H74N2O4S4. The van der Waals surface area contributed by atoms with Crippen molar-refractivity contribution >= 4 is 64.7 Å². The summed E-state index contributed by atoms with van der Waals surface area (Å²) in [7, 11) is 0. The van der Waals surface area contributed by atoms with Gasteiger partial charge in [0, 0.05) is 46.5 Å². The topological polar surface area (TPSA) is 98.3 Å². The van der Waals surface area contributed by atoms with Crippen LogP contribution in [0.3, 0.4) is 0 Å². The maximum absolute atomic E-state index is 12.2. The van der Waals surface area contributed by atoms with E-state index in [1.807, 2.05) is 6.92 Å². The molecule has 312 valence electrons. The van der Waals surface area contributed by atoms with Gasteiger partial charge in [0.1, 0.15) is 12.3 Å². The van der Waals surface area contributed by atoms with Crippen LogP contribution in [0.15, 0.2) is 81.5 Å². The lowest BCUT2D eigenvalue weighted by molar-refractivity contribution is -0.118. The van der Waals surface area contributed by atoms with Crippen molar-refractivity contribution < 1.29 is 18.9 Å². The summed E-state index contributed by atoms with van der Waals surface area (Å²) in [5.74, 6) is 3.70. The number of hydrogen-bond donors (Lipinski definition) is 2. The first-order chi connectivity index (χ1) is 26.2. The van der Waals surface area contributed by atoms with Gasteiger partial charge in [-0.05, 0) is 120 Å². The predicted octanol–water partition coefficient (Wildman–Crippen LogP) is 11.6. The highest BCUT2D eigenvalue weighted by Gasteiger charge is 2.22. The van der Waals surface area contributed by atoms with E-state index in [0.29, 0.717) is 12.2 Å². The Morgan fingerprint density at radius 3 is 1.69 bits per heavy atom. The third kappa shape index (κ3) is 33.2. The molecule has 0 aromatic rings. The van der Waals surface area contributed by atoms with Crippen LogP contribution in [0.2, 0.25) is 0 Å². The molecule has 0 aliphatic heterocycles. The molecule has 2 N–H and O–H groups in total. The minimum atomic E-state index is -1.52. The van der Waals surface area contributed by atoms with Crippen LogP contribution in [0.4, 0.5) is 0 Å². The summed E-state index contributed by atoms with van der Waals surface area (Å²) < 4.78 is 18.4. The lowest BCUT2D eigenvalue weighted by Crippen LogP contribution is -2.43. The van der Waals surface area contributed by atoms with E-state index in [0.717, 1.165) is 87.1 Å². The van der Waals surface area contributed by atoms with E-state index in [1.54, 1.807) is 35.5 Å². The number of allylic oxidation sites excluding steroid dienone is 11. The Morgan fingerprint density at radius 2 is 1.18 bits per heavy atom. The molecule has 3 atom stereocenters. The standard InChI is InChI=1S/C45H74N2O4S4/c1-11-16-44(50)34-55(51)47-45(42(10)49)33-53-28-26-39(7)23-14-20-37(5)21-15-24-40(8)29-41(9)31-54-46-43(30-48)32-52-27-25-38(6)22-13-19-36(4)18-12-17-35(2)3/h17,19-20,24-26,29-30,43,45-47H,11-16,18,21-23,27-28,31-34H2,1-10H3/b36-19+,37-20+,38-25+,39-26+,40-24+,41-29-. The monoisotopic (exact) mass is 834 g/mol. The number of Topliss-reactive ketones (excluding diaryl/α,β-unsaturated/α-hetero) is 2. The van der Waals surface area contributed by atoms with E-state index < -0.39 is 17.4 Å². The molecular weight excluding hydrogens is 761 g/mol. The van der Waals surface area contributed by atoms with E-state index >= 15 is 0 Å². The van der Waals surface area contributed by atoms with Crippen molar-refractivity contribution in [3.63, 3.8) is 0 Å². The second-order valence-corrected chi connectivity index (χ2v) is 19.0. The minimum absolute atomic E-state index is 0.0409. The minimum Gasteiger partial charge on any atom is -0.598 e. The first-order valence-electron chi connectivity index (χ1n) is 19.9. The van der Waals surface area contributed by atoms with Crippen LogP contribution in [-0.2, 0) is 25.7 Å². The van der Waals surface area contributed by atoms with Gasteiger partial charge in [-0.2, -0.15) is 23.5 Å². The summed E-state index contributed by atoms with van der Waals surface area (Å²) in [6, 6.07) is -0.671. The summed E-state index contributed by atoms with van der Waals surface area (Å²) in [4.78, 5) is 35.4. The number of rotatable bonds is 33. The van der Waals surface area contributed by atoms with E-state index in [2.05, 4.69) is 107 Å². The molecule has 0 aliphatic rings. The number of thioether (sulfide) groups is 2. The average Bonchev–Trinajstić information content (AvgIpc) is 3.10. The van der Waals surface area contributed by atoms with Gasteiger partial charge in [0.2, 0.25) is 0 Å². The molecule has 0 radical (unpaired) electrons. The summed E-state index contributed by atoms with van der Waals surface area (Å²) in [6.45, 7) is 20.8. The zero-order valence-corrected chi connectivity index (χ0v) is 39.1. The molecule has 0 aromatic heterocycles. The lowest BCUT2D eigenvalue weighted by atomic mass is 10.1. The van der Waals surface area contributed by atoms with Crippen molar-refractivity contribution in [2.75, 3.05) is 34.5 Å². The quantitative estimate of drug-likeness (QED) is 0.0167. The molecule has 55 heavy (non-hydrogen) atoms. The zero-order valence-electron chi connectivity index (χ0n) is 35.9. The fraction of sp³-hybridized carbons (Fsp3) is 0.622. The van der Waals surface area contributed by atoms with Crippen molar-refractivity contribution in [1.82, 2.24) is 9.44 Å². The van der Waals surface area contributed by atoms with Crippen molar-refractivity contribution in [3.8, 4) is 0 Å². The first kappa shape index (κ1) is 53.5. The normalized spacial score (nSPS) is 15.2. The van der Waals surface area contributed by atoms with Gasteiger partial charge in [-0.15, -0.1) is 4.72 Å². The maximum Gasteiger partial charge on any atom is 0.183 e. The second kappa shape index (κ2) is 34.5. The van der Waals surface area contributed by atoms with Crippen LogP contribution in [0.25, 0.3) is 0 Å². The SMILES string of the molecule is CCCC(=O)C[S+]([O-])NC(CSC/C=C(\C)CC/C=C(\C)CC/C=C(C)/C=C(/C)CSNC(C=O)CSC/C=C(\C)CC/C=C(\C)CCC=C(C)C)C(C)=O. The maximum atomic E-state index is 12.2. The summed E-state index contributed by atoms with van der Waals surface area (Å²) in [6.07, 6.45) is 26.7. The predicted molar refractivity (Wildman–Crippen MR) is 250 cm³/mol. The third-order valence-corrected chi connectivity index (χ3v) is 12.8. The second-order valence-electron chi connectivity index (χ2n) is 14.9. The van der Waals surface area contributed by atoms with Crippen molar-refractivity contribution in [2.24, 2.45) is 0 Å². The van der Waals surface area contributed by atoms with Gasteiger partial charge in [0.05, 0.1) is 6.04 Å². The van der Waals surface area contributed by atoms with E-state index in [4.69, 9.17) is 0 Å².